The van der Waals surface area contributed by atoms with Gasteiger partial charge in [-0.3, -0.25) is 4.79 Å². The number of nitrogens with two attached hydrogens (primary N) is 1. The molecule has 0 aliphatic rings. The first-order valence-electron chi connectivity index (χ1n) is 5.83. The van der Waals surface area contributed by atoms with Gasteiger partial charge in [0.2, 0.25) is 5.91 Å². The first-order chi connectivity index (χ1) is 8.66. The van der Waals surface area contributed by atoms with Gasteiger partial charge in [-0.15, -0.1) is 11.3 Å². The molecule has 0 radical (unpaired) electrons. The predicted molar refractivity (Wildman–Crippen MR) is 75.7 cm³/mol. The Hall–Kier alpha value is -1.81. The Bertz CT molecular complexity index is 522. The van der Waals surface area contributed by atoms with Crippen LogP contribution in [0.5, 0.6) is 0 Å². The molecular weight excluding hydrogens is 244 g/mol. The van der Waals surface area contributed by atoms with Gasteiger partial charge in [-0.05, 0) is 30.0 Å². The quantitative estimate of drug-likeness (QED) is 0.868. The van der Waals surface area contributed by atoms with Crippen molar-refractivity contribution in [2.24, 2.45) is 5.73 Å². The fraction of sp³-hybridized carbons (Fsp3) is 0.214. The lowest BCUT2D eigenvalue weighted by Gasteiger charge is -2.16. The number of benzene rings is 1. The number of amides is 1. The second kappa shape index (κ2) is 5.69. The molecule has 1 unspecified atom stereocenters. The number of carbonyl (C=O) groups excluding carboxylic acids is 1. The Morgan fingerprint density at radius 3 is 2.78 bits per heavy atom. The van der Waals surface area contributed by atoms with Crippen LogP contribution in [-0.4, -0.2) is 5.91 Å². The maximum absolute atomic E-state index is 11.0. The Labute approximate surface area is 111 Å². The number of rotatable bonds is 5. The highest BCUT2D eigenvalue weighted by Gasteiger charge is 2.09. The predicted octanol–water partition coefficient (Wildman–Crippen LogP) is 2.95. The van der Waals surface area contributed by atoms with E-state index in [1.54, 1.807) is 11.3 Å². The van der Waals surface area contributed by atoms with Gasteiger partial charge in [0.1, 0.15) is 0 Å². The average Bonchev–Trinajstić information content (AvgIpc) is 2.84. The molecular formula is C14H16N2OS. The fourth-order valence-corrected chi connectivity index (χ4v) is 2.58. The van der Waals surface area contributed by atoms with Gasteiger partial charge >= 0.3 is 0 Å². The number of nitrogens with one attached hydrogen (secondary N) is 1. The Morgan fingerprint density at radius 1 is 1.33 bits per heavy atom. The molecule has 0 aliphatic carbocycles. The van der Waals surface area contributed by atoms with Crippen molar-refractivity contribution in [3.63, 3.8) is 0 Å². The summed E-state index contributed by atoms with van der Waals surface area (Å²) in [5.41, 5.74) is 7.16. The summed E-state index contributed by atoms with van der Waals surface area (Å²) < 4.78 is 0. The molecule has 94 valence electrons. The summed E-state index contributed by atoms with van der Waals surface area (Å²) in [6.45, 7) is 2.10. The highest BCUT2D eigenvalue weighted by Crippen LogP contribution is 2.25. The number of hydrogen-bond acceptors (Lipinski definition) is 3. The molecule has 1 atom stereocenters. The normalized spacial score (nSPS) is 12.1. The summed E-state index contributed by atoms with van der Waals surface area (Å²) in [5, 5.41) is 5.48. The molecule has 3 N–H and O–H groups in total. The Balaban J connectivity index is 2.16. The minimum absolute atomic E-state index is 0.221. The van der Waals surface area contributed by atoms with Gasteiger partial charge in [0.15, 0.2) is 0 Å². The summed E-state index contributed by atoms with van der Waals surface area (Å²) in [6, 6.07) is 12.1. The van der Waals surface area contributed by atoms with Crippen LogP contribution in [0.2, 0.25) is 0 Å². The van der Waals surface area contributed by atoms with Crippen molar-refractivity contribution < 1.29 is 4.79 Å². The highest BCUT2D eigenvalue weighted by molar-refractivity contribution is 7.10. The smallest absolute Gasteiger partial charge is 0.221 e. The number of para-hydroxylation sites is 1. The first kappa shape index (κ1) is 12.6. The molecule has 0 spiro atoms. The van der Waals surface area contributed by atoms with E-state index in [9.17, 15) is 4.79 Å². The van der Waals surface area contributed by atoms with Crippen molar-refractivity contribution in [1.82, 2.24) is 0 Å². The summed E-state index contributed by atoms with van der Waals surface area (Å²) >= 11 is 1.72. The second-order valence-electron chi connectivity index (χ2n) is 4.18. The minimum Gasteiger partial charge on any atom is -0.377 e. The van der Waals surface area contributed by atoms with Crippen molar-refractivity contribution in [2.75, 3.05) is 5.32 Å². The van der Waals surface area contributed by atoms with E-state index in [4.69, 9.17) is 5.73 Å². The van der Waals surface area contributed by atoms with E-state index < -0.39 is 0 Å². The maximum atomic E-state index is 11.0. The molecule has 3 nitrogen and oxygen atoms in total. The SMILES string of the molecule is CC(Nc1ccccc1CC(N)=O)c1cccs1. The molecule has 1 amide bonds. The molecule has 4 heteroatoms. The number of hydrogen-bond donors (Lipinski definition) is 2. The molecule has 2 rings (SSSR count). The van der Waals surface area contributed by atoms with E-state index in [0.29, 0.717) is 0 Å². The minimum atomic E-state index is -0.312. The molecule has 1 aromatic heterocycles. The van der Waals surface area contributed by atoms with Crippen molar-refractivity contribution in [3.8, 4) is 0 Å². The van der Waals surface area contributed by atoms with Crippen molar-refractivity contribution >= 4 is 22.9 Å². The molecule has 0 saturated carbocycles. The van der Waals surface area contributed by atoms with Crippen LogP contribution in [0.1, 0.15) is 23.4 Å². The van der Waals surface area contributed by atoms with E-state index in [2.05, 4.69) is 23.7 Å². The number of thiophene rings is 1. The van der Waals surface area contributed by atoms with Gasteiger partial charge in [-0.25, -0.2) is 0 Å². The lowest BCUT2D eigenvalue weighted by Crippen LogP contribution is -2.15. The number of carbonyl (C=O) groups is 1. The van der Waals surface area contributed by atoms with Crippen LogP contribution < -0.4 is 11.1 Å². The van der Waals surface area contributed by atoms with E-state index in [1.807, 2.05) is 30.3 Å². The van der Waals surface area contributed by atoms with Gasteiger partial charge < -0.3 is 11.1 Å². The number of anilines is 1. The van der Waals surface area contributed by atoms with Crippen LogP contribution in [0.4, 0.5) is 5.69 Å². The zero-order valence-corrected chi connectivity index (χ0v) is 11.0. The first-order valence-corrected chi connectivity index (χ1v) is 6.71. The van der Waals surface area contributed by atoms with Gasteiger partial charge in [0.25, 0.3) is 0 Å². The van der Waals surface area contributed by atoms with E-state index in [0.717, 1.165) is 11.3 Å². The van der Waals surface area contributed by atoms with Crippen molar-refractivity contribution in [3.05, 3.63) is 52.2 Å². The van der Waals surface area contributed by atoms with Crippen LogP contribution in [0.25, 0.3) is 0 Å². The molecule has 18 heavy (non-hydrogen) atoms. The third-order valence-corrected chi connectivity index (χ3v) is 3.78. The van der Waals surface area contributed by atoms with Crippen LogP contribution >= 0.6 is 11.3 Å². The monoisotopic (exact) mass is 260 g/mol. The van der Waals surface area contributed by atoms with Crippen LogP contribution in [0.3, 0.4) is 0 Å². The lowest BCUT2D eigenvalue weighted by molar-refractivity contribution is -0.117. The zero-order valence-electron chi connectivity index (χ0n) is 10.2. The molecule has 0 fully saturated rings. The molecule has 0 aliphatic heterocycles. The lowest BCUT2D eigenvalue weighted by atomic mass is 10.1. The van der Waals surface area contributed by atoms with Gasteiger partial charge in [-0.2, -0.15) is 0 Å². The Kier molecular flexibility index (Phi) is 3.99. The topological polar surface area (TPSA) is 55.1 Å². The largest absolute Gasteiger partial charge is 0.377 e. The summed E-state index contributed by atoms with van der Waals surface area (Å²) in [4.78, 5) is 12.3. The third kappa shape index (κ3) is 3.11. The molecule has 2 aromatic rings. The second-order valence-corrected chi connectivity index (χ2v) is 5.16. The summed E-state index contributed by atoms with van der Waals surface area (Å²) in [6.07, 6.45) is 0.264. The molecule has 1 heterocycles. The van der Waals surface area contributed by atoms with Crippen molar-refractivity contribution in [2.45, 2.75) is 19.4 Å². The average molecular weight is 260 g/mol. The Morgan fingerprint density at radius 2 is 2.11 bits per heavy atom. The van der Waals surface area contributed by atoms with E-state index in [-0.39, 0.29) is 18.4 Å². The van der Waals surface area contributed by atoms with Gasteiger partial charge in [0.05, 0.1) is 12.5 Å². The fourth-order valence-electron chi connectivity index (χ4n) is 1.85. The van der Waals surface area contributed by atoms with Crippen molar-refractivity contribution in [1.29, 1.82) is 0 Å². The van der Waals surface area contributed by atoms with Crippen LogP contribution in [0.15, 0.2) is 41.8 Å². The standard InChI is InChI=1S/C14H16N2OS/c1-10(13-7-4-8-18-13)16-12-6-3-2-5-11(12)9-14(15)17/h2-8,10,16H,9H2,1H3,(H2,15,17). The maximum Gasteiger partial charge on any atom is 0.221 e. The van der Waals surface area contributed by atoms with Gasteiger partial charge in [-0.1, -0.05) is 24.3 Å². The molecule has 1 aromatic carbocycles. The van der Waals surface area contributed by atoms with Crippen LogP contribution in [-0.2, 0) is 11.2 Å². The number of primary amides is 1. The molecule has 0 saturated heterocycles. The van der Waals surface area contributed by atoms with E-state index >= 15 is 0 Å². The highest BCUT2D eigenvalue weighted by atomic mass is 32.1. The van der Waals surface area contributed by atoms with E-state index in [1.165, 1.54) is 4.88 Å². The summed E-state index contributed by atoms with van der Waals surface area (Å²) in [7, 11) is 0. The molecule has 0 bridgehead atoms. The van der Waals surface area contributed by atoms with Gasteiger partial charge in [0, 0.05) is 10.6 Å². The third-order valence-electron chi connectivity index (χ3n) is 2.72. The van der Waals surface area contributed by atoms with Crippen LogP contribution in [0, 0.1) is 0 Å². The summed E-state index contributed by atoms with van der Waals surface area (Å²) in [5.74, 6) is -0.312. The zero-order chi connectivity index (χ0) is 13.0.